The number of rotatable bonds is 4. The van der Waals surface area contributed by atoms with Crippen molar-refractivity contribution in [1.29, 1.82) is 0 Å². The molecule has 12 heavy (non-hydrogen) atoms. The first-order chi connectivity index (χ1) is 5.43. The predicted molar refractivity (Wildman–Crippen MR) is 49.0 cm³/mol. The van der Waals surface area contributed by atoms with Crippen LogP contribution in [0.15, 0.2) is 0 Å². The fraction of sp³-hybridized carbons (Fsp3) is 0.889. The van der Waals surface area contributed by atoms with Crippen LogP contribution in [0.1, 0.15) is 34.6 Å². The highest BCUT2D eigenvalue weighted by Gasteiger charge is 2.15. The fourth-order valence-electron chi connectivity index (χ4n) is 0.902. The molecule has 0 aliphatic heterocycles. The third-order valence-electron chi connectivity index (χ3n) is 1.29. The standard InChI is InChI=1S/C9H19NO2/c1-6(2)10-8(5)9(11)12-7(3)4/h6-8,10H,1-5H3/t8-/m0/s1. The van der Waals surface area contributed by atoms with E-state index in [0.29, 0.717) is 6.04 Å². The van der Waals surface area contributed by atoms with Crippen molar-refractivity contribution in [2.24, 2.45) is 0 Å². The van der Waals surface area contributed by atoms with Gasteiger partial charge in [-0.3, -0.25) is 4.79 Å². The van der Waals surface area contributed by atoms with Crippen LogP contribution in [0, 0.1) is 0 Å². The van der Waals surface area contributed by atoms with Gasteiger partial charge in [0.2, 0.25) is 0 Å². The van der Waals surface area contributed by atoms with E-state index >= 15 is 0 Å². The number of carbonyl (C=O) groups is 1. The van der Waals surface area contributed by atoms with Crippen LogP contribution >= 0.6 is 0 Å². The van der Waals surface area contributed by atoms with Crippen LogP contribution in [-0.4, -0.2) is 24.2 Å². The lowest BCUT2D eigenvalue weighted by Crippen LogP contribution is -2.40. The molecule has 0 aliphatic carbocycles. The number of hydrogen-bond acceptors (Lipinski definition) is 3. The van der Waals surface area contributed by atoms with E-state index in [4.69, 9.17) is 4.74 Å². The molecule has 0 saturated heterocycles. The van der Waals surface area contributed by atoms with Gasteiger partial charge < -0.3 is 10.1 Å². The Morgan fingerprint density at radius 3 is 2.00 bits per heavy atom. The Hall–Kier alpha value is -0.570. The summed E-state index contributed by atoms with van der Waals surface area (Å²) in [6.45, 7) is 9.50. The summed E-state index contributed by atoms with van der Waals surface area (Å²) in [6, 6.07) is 0.0899. The Morgan fingerprint density at radius 2 is 1.67 bits per heavy atom. The van der Waals surface area contributed by atoms with Crippen molar-refractivity contribution in [1.82, 2.24) is 5.32 Å². The minimum atomic E-state index is -0.215. The quantitative estimate of drug-likeness (QED) is 0.652. The first-order valence-electron chi connectivity index (χ1n) is 4.40. The Morgan fingerprint density at radius 1 is 1.17 bits per heavy atom. The van der Waals surface area contributed by atoms with Gasteiger partial charge in [0.15, 0.2) is 0 Å². The van der Waals surface area contributed by atoms with E-state index in [2.05, 4.69) is 5.32 Å². The molecule has 1 atom stereocenters. The maximum Gasteiger partial charge on any atom is 0.323 e. The number of nitrogens with one attached hydrogen (secondary N) is 1. The van der Waals surface area contributed by atoms with Gasteiger partial charge in [-0.15, -0.1) is 0 Å². The Bertz CT molecular complexity index is 143. The molecule has 0 spiro atoms. The summed E-state index contributed by atoms with van der Waals surface area (Å²) in [5, 5.41) is 3.07. The van der Waals surface area contributed by atoms with E-state index in [1.807, 2.05) is 34.6 Å². The first kappa shape index (κ1) is 11.4. The van der Waals surface area contributed by atoms with Gasteiger partial charge in [-0.25, -0.2) is 0 Å². The van der Waals surface area contributed by atoms with Gasteiger partial charge in [-0.05, 0) is 20.8 Å². The van der Waals surface area contributed by atoms with Crippen LogP contribution in [-0.2, 0) is 9.53 Å². The molecule has 0 radical (unpaired) electrons. The van der Waals surface area contributed by atoms with Crippen LogP contribution in [0.3, 0.4) is 0 Å². The number of esters is 1. The predicted octanol–water partition coefficient (Wildman–Crippen LogP) is 1.32. The van der Waals surface area contributed by atoms with Crippen molar-refractivity contribution in [2.75, 3.05) is 0 Å². The Balaban J connectivity index is 3.77. The lowest BCUT2D eigenvalue weighted by atomic mass is 10.3. The second kappa shape index (κ2) is 5.14. The summed E-state index contributed by atoms with van der Waals surface area (Å²) in [6.07, 6.45) is -0.0334. The van der Waals surface area contributed by atoms with Gasteiger partial charge in [-0.2, -0.15) is 0 Å². The first-order valence-corrected chi connectivity index (χ1v) is 4.40. The number of carbonyl (C=O) groups excluding carboxylic acids is 1. The minimum absolute atomic E-state index is 0.0334. The van der Waals surface area contributed by atoms with Crippen molar-refractivity contribution in [3.63, 3.8) is 0 Å². The normalized spacial score (nSPS) is 13.6. The molecule has 0 amide bonds. The topological polar surface area (TPSA) is 38.3 Å². The molecule has 3 heteroatoms. The average molecular weight is 173 g/mol. The van der Waals surface area contributed by atoms with Gasteiger partial charge in [0.1, 0.15) is 6.04 Å². The lowest BCUT2D eigenvalue weighted by Gasteiger charge is -2.17. The molecular weight excluding hydrogens is 154 g/mol. The highest BCUT2D eigenvalue weighted by Crippen LogP contribution is 1.95. The molecule has 0 aromatic carbocycles. The molecule has 0 fully saturated rings. The summed E-state index contributed by atoms with van der Waals surface area (Å²) in [5.74, 6) is -0.182. The van der Waals surface area contributed by atoms with Gasteiger partial charge in [0, 0.05) is 6.04 Å². The zero-order chi connectivity index (χ0) is 9.72. The van der Waals surface area contributed by atoms with Crippen molar-refractivity contribution in [2.45, 2.75) is 52.8 Å². The van der Waals surface area contributed by atoms with E-state index in [9.17, 15) is 4.79 Å². The zero-order valence-electron chi connectivity index (χ0n) is 8.55. The number of hydrogen-bond donors (Lipinski definition) is 1. The Labute approximate surface area is 74.5 Å². The third-order valence-corrected chi connectivity index (χ3v) is 1.29. The summed E-state index contributed by atoms with van der Waals surface area (Å²) in [5.41, 5.74) is 0. The molecule has 1 N–H and O–H groups in total. The minimum Gasteiger partial charge on any atom is -0.462 e. The summed E-state index contributed by atoms with van der Waals surface area (Å²) >= 11 is 0. The van der Waals surface area contributed by atoms with Crippen LogP contribution in [0.4, 0.5) is 0 Å². The van der Waals surface area contributed by atoms with Gasteiger partial charge in [0.25, 0.3) is 0 Å². The van der Waals surface area contributed by atoms with E-state index in [-0.39, 0.29) is 18.1 Å². The zero-order valence-corrected chi connectivity index (χ0v) is 8.55. The second-order valence-electron chi connectivity index (χ2n) is 3.53. The monoisotopic (exact) mass is 173 g/mol. The Kier molecular flexibility index (Phi) is 4.90. The molecular formula is C9H19NO2. The molecule has 3 nitrogen and oxygen atoms in total. The second-order valence-corrected chi connectivity index (χ2v) is 3.53. The molecule has 0 saturated carbocycles. The largest absolute Gasteiger partial charge is 0.462 e. The van der Waals surface area contributed by atoms with Gasteiger partial charge in [0.05, 0.1) is 6.10 Å². The van der Waals surface area contributed by atoms with Crippen molar-refractivity contribution in [3.8, 4) is 0 Å². The van der Waals surface area contributed by atoms with Crippen molar-refractivity contribution >= 4 is 5.97 Å². The highest BCUT2D eigenvalue weighted by atomic mass is 16.5. The molecule has 0 aliphatic rings. The molecule has 72 valence electrons. The molecule has 0 unspecified atom stereocenters. The summed E-state index contributed by atoms with van der Waals surface area (Å²) in [4.78, 5) is 11.2. The maximum absolute atomic E-state index is 11.2. The molecule has 0 rings (SSSR count). The van der Waals surface area contributed by atoms with E-state index in [1.165, 1.54) is 0 Å². The number of ether oxygens (including phenoxy) is 1. The van der Waals surface area contributed by atoms with Crippen molar-refractivity contribution < 1.29 is 9.53 Å². The van der Waals surface area contributed by atoms with Crippen LogP contribution in [0.2, 0.25) is 0 Å². The van der Waals surface area contributed by atoms with Crippen LogP contribution < -0.4 is 5.32 Å². The lowest BCUT2D eigenvalue weighted by molar-refractivity contribution is -0.149. The molecule has 0 bridgehead atoms. The summed E-state index contributed by atoms with van der Waals surface area (Å²) < 4.78 is 5.01. The van der Waals surface area contributed by atoms with Gasteiger partial charge in [-0.1, -0.05) is 13.8 Å². The highest BCUT2D eigenvalue weighted by molar-refractivity contribution is 5.75. The third kappa shape index (κ3) is 5.13. The van der Waals surface area contributed by atoms with Crippen molar-refractivity contribution in [3.05, 3.63) is 0 Å². The summed E-state index contributed by atoms with van der Waals surface area (Å²) in [7, 11) is 0. The van der Waals surface area contributed by atoms with Crippen LogP contribution in [0.25, 0.3) is 0 Å². The molecule has 0 aromatic heterocycles. The molecule has 0 aromatic rings. The average Bonchev–Trinajstić information content (AvgIpc) is 1.84. The van der Waals surface area contributed by atoms with E-state index < -0.39 is 0 Å². The van der Waals surface area contributed by atoms with Crippen LogP contribution in [0.5, 0.6) is 0 Å². The SMILES string of the molecule is CC(C)N[C@@H](C)C(=O)OC(C)C. The maximum atomic E-state index is 11.2. The van der Waals surface area contributed by atoms with E-state index in [1.54, 1.807) is 0 Å². The fourth-order valence-corrected chi connectivity index (χ4v) is 0.902. The van der Waals surface area contributed by atoms with E-state index in [0.717, 1.165) is 0 Å². The van der Waals surface area contributed by atoms with Gasteiger partial charge >= 0.3 is 5.97 Å². The smallest absolute Gasteiger partial charge is 0.323 e. The molecule has 0 heterocycles.